The van der Waals surface area contributed by atoms with E-state index in [9.17, 15) is 4.79 Å². The van der Waals surface area contributed by atoms with Gasteiger partial charge in [-0.2, -0.15) is 0 Å². The quantitative estimate of drug-likeness (QED) is 0.529. The number of methoxy groups -OCH3 is 1. The van der Waals surface area contributed by atoms with Gasteiger partial charge < -0.3 is 19.1 Å². The Balaban J connectivity index is 1.47. The summed E-state index contributed by atoms with van der Waals surface area (Å²) < 4.78 is 17.4. The fourth-order valence-corrected chi connectivity index (χ4v) is 5.24. The fourth-order valence-electron chi connectivity index (χ4n) is 5.24. The van der Waals surface area contributed by atoms with Gasteiger partial charge in [-0.3, -0.25) is 9.69 Å². The SMILES string of the molecule is COc1ccccc1CN1CCC[C@@H](C(=O)N(Cc2cc(C)c3c(c2)OCCCO3)CC(C)C)C1. The van der Waals surface area contributed by atoms with E-state index in [4.69, 9.17) is 14.2 Å². The van der Waals surface area contributed by atoms with Crippen molar-refractivity contribution in [2.24, 2.45) is 11.8 Å². The van der Waals surface area contributed by atoms with Crippen molar-refractivity contribution in [3.05, 3.63) is 53.1 Å². The zero-order valence-corrected chi connectivity index (χ0v) is 21.7. The molecule has 0 N–H and O–H groups in total. The minimum absolute atomic E-state index is 0.0127. The summed E-state index contributed by atoms with van der Waals surface area (Å²) in [6.45, 7) is 11.7. The number of ether oxygens (including phenoxy) is 3. The molecule has 2 aliphatic rings. The molecule has 0 bridgehead atoms. The van der Waals surface area contributed by atoms with Crippen LogP contribution < -0.4 is 14.2 Å². The van der Waals surface area contributed by atoms with Crippen molar-refractivity contribution in [2.75, 3.05) is 40.0 Å². The molecule has 1 amide bonds. The van der Waals surface area contributed by atoms with Crippen LogP contribution >= 0.6 is 0 Å². The van der Waals surface area contributed by atoms with Crippen LogP contribution in [-0.2, 0) is 17.9 Å². The lowest BCUT2D eigenvalue weighted by molar-refractivity contribution is -0.138. The molecule has 0 aliphatic carbocycles. The highest BCUT2D eigenvalue weighted by Gasteiger charge is 2.30. The van der Waals surface area contributed by atoms with Crippen LogP contribution in [0.15, 0.2) is 36.4 Å². The fraction of sp³-hybridized carbons (Fsp3) is 0.552. The van der Waals surface area contributed by atoms with Gasteiger partial charge in [0.05, 0.1) is 26.2 Å². The Hall–Kier alpha value is -2.73. The van der Waals surface area contributed by atoms with Gasteiger partial charge in [-0.25, -0.2) is 0 Å². The molecule has 35 heavy (non-hydrogen) atoms. The number of rotatable bonds is 8. The first-order chi connectivity index (χ1) is 16.9. The summed E-state index contributed by atoms with van der Waals surface area (Å²) in [4.78, 5) is 18.3. The Morgan fingerprint density at radius 2 is 1.97 bits per heavy atom. The molecule has 2 heterocycles. The van der Waals surface area contributed by atoms with Crippen molar-refractivity contribution >= 4 is 5.91 Å². The van der Waals surface area contributed by atoms with Gasteiger partial charge >= 0.3 is 0 Å². The van der Waals surface area contributed by atoms with Crippen LogP contribution in [0.4, 0.5) is 0 Å². The Morgan fingerprint density at radius 1 is 1.17 bits per heavy atom. The first-order valence-corrected chi connectivity index (χ1v) is 13.0. The van der Waals surface area contributed by atoms with Crippen molar-refractivity contribution in [2.45, 2.75) is 53.1 Å². The largest absolute Gasteiger partial charge is 0.496 e. The van der Waals surface area contributed by atoms with Gasteiger partial charge in [0, 0.05) is 38.2 Å². The van der Waals surface area contributed by atoms with Crippen LogP contribution in [0.25, 0.3) is 0 Å². The third-order valence-corrected chi connectivity index (χ3v) is 6.80. The molecule has 1 saturated heterocycles. The average molecular weight is 481 g/mol. The normalized spacial score (nSPS) is 18.3. The summed E-state index contributed by atoms with van der Waals surface area (Å²) in [6.07, 6.45) is 2.86. The highest BCUT2D eigenvalue weighted by molar-refractivity contribution is 5.79. The van der Waals surface area contributed by atoms with Crippen molar-refractivity contribution in [3.8, 4) is 17.2 Å². The number of aryl methyl sites for hydroxylation is 1. The van der Waals surface area contributed by atoms with Crippen molar-refractivity contribution in [3.63, 3.8) is 0 Å². The van der Waals surface area contributed by atoms with E-state index in [0.29, 0.717) is 25.7 Å². The predicted octanol–water partition coefficient (Wildman–Crippen LogP) is 5.06. The molecule has 2 aromatic rings. The smallest absolute Gasteiger partial charge is 0.227 e. The lowest BCUT2D eigenvalue weighted by Crippen LogP contribution is -2.45. The molecule has 0 saturated carbocycles. The number of carbonyl (C=O) groups excluding carboxylic acids is 1. The van der Waals surface area contributed by atoms with E-state index in [1.807, 2.05) is 18.2 Å². The Labute approximate surface area is 210 Å². The third kappa shape index (κ3) is 6.49. The first-order valence-electron chi connectivity index (χ1n) is 13.0. The third-order valence-electron chi connectivity index (χ3n) is 6.80. The van der Waals surface area contributed by atoms with Crippen LogP contribution in [0.2, 0.25) is 0 Å². The lowest BCUT2D eigenvalue weighted by atomic mass is 9.95. The van der Waals surface area contributed by atoms with E-state index in [1.165, 1.54) is 5.56 Å². The summed E-state index contributed by atoms with van der Waals surface area (Å²) in [5.74, 6) is 3.22. The van der Waals surface area contributed by atoms with Crippen LogP contribution in [0, 0.1) is 18.8 Å². The second kappa shape index (κ2) is 11.8. The standard InChI is InChI=1S/C29H40N2O4/c1-21(2)17-31(18-23-15-22(3)28-27(16-23)34-13-8-14-35-28)29(32)25-10-7-12-30(20-25)19-24-9-5-6-11-26(24)33-4/h5-6,9,11,15-16,21,25H,7-8,10,12-14,17-20H2,1-4H3/t25-/m1/s1. The Kier molecular flexibility index (Phi) is 8.55. The maximum absolute atomic E-state index is 13.8. The van der Waals surface area contributed by atoms with Gasteiger partial charge in [-0.15, -0.1) is 0 Å². The monoisotopic (exact) mass is 480 g/mol. The molecule has 0 radical (unpaired) electrons. The molecule has 1 fully saturated rings. The number of carbonyl (C=O) groups is 1. The molecule has 2 aliphatic heterocycles. The van der Waals surface area contributed by atoms with Gasteiger partial charge in [0.15, 0.2) is 11.5 Å². The van der Waals surface area contributed by atoms with E-state index in [-0.39, 0.29) is 11.8 Å². The number of para-hydroxylation sites is 1. The number of piperidine rings is 1. The number of nitrogens with zero attached hydrogens (tertiary/aromatic N) is 2. The van der Waals surface area contributed by atoms with Crippen LogP contribution in [0.1, 0.15) is 49.8 Å². The van der Waals surface area contributed by atoms with Gasteiger partial charge in [0.2, 0.25) is 5.91 Å². The predicted molar refractivity (Wildman–Crippen MR) is 138 cm³/mol. The summed E-state index contributed by atoms with van der Waals surface area (Å²) >= 11 is 0. The summed E-state index contributed by atoms with van der Waals surface area (Å²) in [6, 6.07) is 12.4. The highest BCUT2D eigenvalue weighted by atomic mass is 16.5. The molecule has 0 spiro atoms. The van der Waals surface area contributed by atoms with Crippen LogP contribution in [0.5, 0.6) is 17.2 Å². The second-order valence-electron chi connectivity index (χ2n) is 10.3. The van der Waals surface area contributed by atoms with E-state index >= 15 is 0 Å². The molecule has 0 aromatic heterocycles. The van der Waals surface area contributed by atoms with Crippen molar-refractivity contribution in [1.29, 1.82) is 0 Å². The number of hydrogen-bond acceptors (Lipinski definition) is 5. The molecular formula is C29H40N2O4. The minimum atomic E-state index is 0.0127. The number of benzene rings is 2. The highest BCUT2D eigenvalue weighted by Crippen LogP contribution is 2.35. The van der Waals surface area contributed by atoms with E-state index in [2.05, 4.69) is 48.8 Å². The maximum atomic E-state index is 13.8. The minimum Gasteiger partial charge on any atom is -0.496 e. The number of likely N-dealkylation sites (tertiary alicyclic amines) is 1. The zero-order valence-electron chi connectivity index (χ0n) is 21.7. The molecule has 190 valence electrons. The van der Waals surface area contributed by atoms with Gasteiger partial charge in [-0.1, -0.05) is 38.1 Å². The van der Waals surface area contributed by atoms with Gasteiger partial charge in [0.1, 0.15) is 5.75 Å². The lowest BCUT2D eigenvalue weighted by Gasteiger charge is -2.36. The molecule has 0 unspecified atom stereocenters. The molecule has 1 atom stereocenters. The molecule has 2 aromatic carbocycles. The maximum Gasteiger partial charge on any atom is 0.227 e. The summed E-state index contributed by atoms with van der Waals surface area (Å²) in [5, 5.41) is 0. The summed E-state index contributed by atoms with van der Waals surface area (Å²) in [7, 11) is 1.71. The van der Waals surface area contributed by atoms with Crippen molar-refractivity contribution in [1.82, 2.24) is 9.80 Å². The van der Waals surface area contributed by atoms with Crippen molar-refractivity contribution < 1.29 is 19.0 Å². The molecule has 4 rings (SSSR count). The summed E-state index contributed by atoms with van der Waals surface area (Å²) in [5.41, 5.74) is 3.34. The van der Waals surface area contributed by atoms with Gasteiger partial charge in [0.25, 0.3) is 0 Å². The van der Waals surface area contributed by atoms with Gasteiger partial charge in [-0.05, 0) is 55.5 Å². The number of hydrogen-bond donors (Lipinski definition) is 0. The molecular weight excluding hydrogens is 440 g/mol. The van der Waals surface area contributed by atoms with Crippen LogP contribution in [0.3, 0.4) is 0 Å². The average Bonchev–Trinajstić information content (AvgIpc) is 3.09. The first kappa shape index (κ1) is 25.4. The topological polar surface area (TPSA) is 51.2 Å². The van der Waals surface area contributed by atoms with E-state index in [0.717, 1.165) is 73.8 Å². The van der Waals surface area contributed by atoms with E-state index in [1.54, 1.807) is 7.11 Å². The zero-order chi connectivity index (χ0) is 24.8. The Morgan fingerprint density at radius 3 is 2.77 bits per heavy atom. The second-order valence-corrected chi connectivity index (χ2v) is 10.3. The van der Waals surface area contributed by atoms with Crippen LogP contribution in [-0.4, -0.2) is 55.7 Å². The molecule has 6 heteroatoms. The Bertz CT molecular complexity index is 1010. The number of amides is 1. The van der Waals surface area contributed by atoms with E-state index < -0.39 is 0 Å². The molecule has 6 nitrogen and oxygen atoms in total. The number of fused-ring (bicyclic) bond motifs is 1.